The van der Waals surface area contributed by atoms with Crippen LogP contribution in [0.25, 0.3) is 0 Å². The third-order valence-electron chi connectivity index (χ3n) is 3.73. The van der Waals surface area contributed by atoms with Gasteiger partial charge in [0, 0.05) is 25.0 Å². The van der Waals surface area contributed by atoms with Crippen molar-refractivity contribution in [3.63, 3.8) is 0 Å². The Morgan fingerprint density at radius 2 is 2.45 bits per heavy atom. The molecule has 1 atom stereocenters. The van der Waals surface area contributed by atoms with Crippen molar-refractivity contribution in [2.75, 3.05) is 31.9 Å². The van der Waals surface area contributed by atoms with Gasteiger partial charge in [0.2, 0.25) is 11.8 Å². The van der Waals surface area contributed by atoms with Crippen molar-refractivity contribution in [2.45, 2.75) is 32.2 Å². The molecular weight excluding hydrogens is 302 g/mol. The van der Waals surface area contributed by atoms with Gasteiger partial charge < -0.3 is 16.4 Å². The topological polar surface area (TPSA) is 100 Å². The van der Waals surface area contributed by atoms with Crippen molar-refractivity contribution >= 4 is 28.3 Å². The van der Waals surface area contributed by atoms with Crippen molar-refractivity contribution in [1.82, 2.24) is 20.5 Å². The van der Waals surface area contributed by atoms with Crippen LogP contribution in [-0.2, 0) is 16.0 Å². The standard InChI is InChI=1S/C14H23N5O2S/c1-2-19-7-6-17-13(21)11(19)8-12(20)16-5-3-4-10-9-22-14(15)18-10/h9,11H,2-8H2,1H3,(H2,15,18)(H,16,20)(H,17,21)/t11-/m1/s1. The smallest absolute Gasteiger partial charge is 0.237 e. The lowest BCUT2D eigenvalue weighted by molar-refractivity contribution is -0.133. The molecule has 1 aromatic heterocycles. The fourth-order valence-corrected chi connectivity index (χ4v) is 3.14. The first-order chi connectivity index (χ1) is 10.6. The van der Waals surface area contributed by atoms with Crippen LogP contribution in [0.5, 0.6) is 0 Å². The molecule has 0 bridgehead atoms. The summed E-state index contributed by atoms with van der Waals surface area (Å²) in [6.45, 7) is 4.81. The van der Waals surface area contributed by atoms with Gasteiger partial charge in [0.05, 0.1) is 18.2 Å². The minimum atomic E-state index is -0.350. The first-order valence-corrected chi connectivity index (χ1v) is 8.46. The lowest BCUT2D eigenvalue weighted by atomic mass is 10.1. The molecular formula is C14H23N5O2S. The van der Waals surface area contributed by atoms with Crippen LogP contribution in [0.4, 0.5) is 5.13 Å². The molecule has 0 radical (unpaired) electrons. The first kappa shape index (κ1) is 16.7. The van der Waals surface area contributed by atoms with Gasteiger partial charge in [-0.05, 0) is 19.4 Å². The van der Waals surface area contributed by atoms with Crippen molar-refractivity contribution in [3.05, 3.63) is 11.1 Å². The Bertz CT molecular complexity index is 519. The molecule has 0 aromatic carbocycles. The van der Waals surface area contributed by atoms with E-state index in [2.05, 4.69) is 15.6 Å². The second-order valence-electron chi connectivity index (χ2n) is 5.27. The molecule has 2 heterocycles. The maximum Gasteiger partial charge on any atom is 0.237 e. The van der Waals surface area contributed by atoms with E-state index in [1.807, 2.05) is 17.2 Å². The lowest BCUT2D eigenvalue weighted by Gasteiger charge is -2.33. The van der Waals surface area contributed by atoms with Crippen LogP contribution < -0.4 is 16.4 Å². The fourth-order valence-electron chi connectivity index (χ4n) is 2.55. The van der Waals surface area contributed by atoms with Gasteiger partial charge in [-0.25, -0.2) is 4.98 Å². The predicted octanol–water partition coefficient (Wildman–Crippen LogP) is -0.0155. The minimum absolute atomic E-state index is 0.0544. The fraction of sp³-hybridized carbons (Fsp3) is 0.643. The number of hydrogen-bond acceptors (Lipinski definition) is 6. The van der Waals surface area contributed by atoms with Gasteiger partial charge in [-0.1, -0.05) is 6.92 Å². The molecule has 1 aliphatic heterocycles. The maximum absolute atomic E-state index is 12.0. The molecule has 2 amide bonds. The van der Waals surface area contributed by atoms with Crippen LogP contribution in [-0.4, -0.2) is 53.9 Å². The van der Waals surface area contributed by atoms with E-state index in [-0.39, 0.29) is 24.3 Å². The van der Waals surface area contributed by atoms with E-state index in [4.69, 9.17) is 5.73 Å². The molecule has 1 aromatic rings. The number of aryl methyl sites for hydroxylation is 1. The number of anilines is 1. The van der Waals surface area contributed by atoms with Gasteiger partial charge in [-0.15, -0.1) is 11.3 Å². The highest BCUT2D eigenvalue weighted by molar-refractivity contribution is 7.13. The Morgan fingerprint density at radius 3 is 3.14 bits per heavy atom. The Kier molecular flexibility index (Phi) is 6.14. The summed E-state index contributed by atoms with van der Waals surface area (Å²) in [5.74, 6) is -0.139. The minimum Gasteiger partial charge on any atom is -0.375 e. The van der Waals surface area contributed by atoms with Crippen molar-refractivity contribution in [2.24, 2.45) is 0 Å². The number of rotatable bonds is 7. The van der Waals surface area contributed by atoms with Gasteiger partial charge in [0.25, 0.3) is 0 Å². The molecule has 0 spiro atoms. The maximum atomic E-state index is 12.0. The number of carbonyl (C=O) groups excluding carboxylic acids is 2. The van der Waals surface area contributed by atoms with E-state index < -0.39 is 0 Å². The molecule has 2 rings (SSSR count). The van der Waals surface area contributed by atoms with E-state index in [1.54, 1.807) is 0 Å². The number of aromatic nitrogens is 1. The van der Waals surface area contributed by atoms with E-state index in [1.165, 1.54) is 11.3 Å². The third-order valence-corrected chi connectivity index (χ3v) is 4.45. The Balaban J connectivity index is 1.69. The average Bonchev–Trinajstić information content (AvgIpc) is 2.91. The summed E-state index contributed by atoms with van der Waals surface area (Å²) in [4.78, 5) is 30.1. The number of thiazole rings is 1. The molecule has 1 fully saturated rings. The van der Waals surface area contributed by atoms with E-state index in [0.29, 0.717) is 18.2 Å². The SMILES string of the molecule is CCN1CCNC(=O)[C@H]1CC(=O)NCCCc1csc(N)n1. The van der Waals surface area contributed by atoms with Crippen LogP contribution in [0, 0.1) is 0 Å². The summed E-state index contributed by atoms with van der Waals surface area (Å²) in [5.41, 5.74) is 6.53. The van der Waals surface area contributed by atoms with Crippen LogP contribution in [0.2, 0.25) is 0 Å². The van der Waals surface area contributed by atoms with Gasteiger partial charge in [-0.3, -0.25) is 14.5 Å². The summed E-state index contributed by atoms with van der Waals surface area (Å²) in [5, 5.41) is 8.19. The number of carbonyl (C=O) groups is 2. The molecule has 122 valence electrons. The van der Waals surface area contributed by atoms with Crippen LogP contribution in [0.1, 0.15) is 25.5 Å². The van der Waals surface area contributed by atoms with E-state index >= 15 is 0 Å². The van der Waals surface area contributed by atoms with Crippen molar-refractivity contribution in [3.8, 4) is 0 Å². The summed E-state index contributed by atoms with van der Waals surface area (Å²) >= 11 is 1.42. The average molecular weight is 325 g/mol. The summed E-state index contributed by atoms with van der Waals surface area (Å²) in [6, 6.07) is -0.350. The molecule has 0 aliphatic carbocycles. The van der Waals surface area contributed by atoms with Crippen LogP contribution in [0.15, 0.2) is 5.38 Å². The first-order valence-electron chi connectivity index (χ1n) is 7.58. The monoisotopic (exact) mass is 325 g/mol. The highest BCUT2D eigenvalue weighted by Crippen LogP contribution is 2.12. The number of nitrogens with one attached hydrogen (secondary N) is 2. The predicted molar refractivity (Wildman–Crippen MR) is 86.5 cm³/mol. The number of nitrogen functional groups attached to an aromatic ring is 1. The largest absolute Gasteiger partial charge is 0.375 e. The number of piperazine rings is 1. The van der Waals surface area contributed by atoms with Gasteiger partial charge in [0.1, 0.15) is 0 Å². The second kappa shape index (κ2) is 8.09. The normalized spacial score (nSPS) is 19.0. The van der Waals surface area contributed by atoms with E-state index in [0.717, 1.165) is 31.6 Å². The quantitative estimate of drug-likeness (QED) is 0.612. The highest BCUT2D eigenvalue weighted by atomic mass is 32.1. The molecule has 7 nitrogen and oxygen atoms in total. The summed E-state index contributed by atoms with van der Waals surface area (Å²) in [7, 11) is 0. The van der Waals surface area contributed by atoms with Crippen LogP contribution in [0.3, 0.4) is 0 Å². The lowest BCUT2D eigenvalue weighted by Crippen LogP contribution is -2.56. The number of nitrogens with two attached hydrogens (primary N) is 1. The molecule has 1 saturated heterocycles. The van der Waals surface area contributed by atoms with E-state index in [9.17, 15) is 9.59 Å². The molecule has 1 aliphatic rings. The van der Waals surface area contributed by atoms with Crippen LogP contribution >= 0.6 is 11.3 Å². The molecule has 0 saturated carbocycles. The van der Waals surface area contributed by atoms with Gasteiger partial charge in [-0.2, -0.15) is 0 Å². The number of nitrogens with zero attached hydrogens (tertiary/aromatic N) is 2. The Hall–Kier alpha value is -1.67. The number of hydrogen-bond donors (Lipinski definition) is 3. The van der Waals surface area contributed by atoms with Crippen molar-refractivity contribution < 1.29 is 9.59 Å². The Morgan fingerprint density at radius 1 is 1.64 bits per heavy atom. The second-order valence-corrected chi connectivity index (χ2v) is 6.16. The number of amides is 2. The van der Waals surface area contributed by atoms with Crippen molar-refractivity contribution in [1.29, 1.82) is 0 Å². The molecule has 22 heavy (non-hydrogen) atoms. The molecule has 4 N–H and O–H groups in total. The van der Waals surface area contributed by atoms with Gasteiger partial charge in [0.15, 0.2) is 5.13 Å². The molecule has 8 heteroatoms. The molecule has 0 unspecified atom stereocenters. The summed E-state index contributed by atoms with van der Waals surface area (Å²) in [6.07, 6.45) is 1.81. The number of likely N-dealkylation sites (N-methyl/N-ethyl adjacent to an activating group) is 1. The zero-order chi connectivity index (χ0) is 15.9. The zero-order valence-electron chi connectivity index (χ0n) is 12.8. The zero-order valence-corrected chi connectivity index (χ0v) is 13.6. The highest BCUT2D eigenvalue weighted by Gasteiger charge is 2.30. The van der Waals surface area contributed by atoms with Gasteiger partial charge >= 0.3 is 0 Å². The Labute approximate surface area is 134 Å². The summed E-state index contributed by atoms with van der Waals surface area (Å²) < 4.78 is 0. The third kappa shape index (κ3) is 4.67.